The molecule has 6 nitrogen and oxygen atoms in total. The maximum absolute atomic E-state index is 10.1. The second-order valence-electron chi connectivity index (χ2n) is 6.77. The number of aromatic hydroxyl groups is 1. The van der Waals surface area contributed by atoms with Crippen molar-refractivity contribution >= 4 is 16.6 Å². The Kier molecular flexibility index (Phi) is 3.74. The first kappa shape index (κ1) is 15.8. The molecule has 0 atom stereocenters. The minimum absolute atomic E-state index is 0.208. The molecule has 0 radical (unpaired) electrons. The summed E-state index contributed by atoms with van der Waals surface area (Å²) in [5.41, 5.74) is 2.94. The van der Waals surface area contributed by atoms with E-state index in [1.807, 2.05) is 24.3 Å². The molecule has 0 bridgehead atoms. The van der Waals surface area contributed by atoms with Gasteiger partial charge in [0.15, 0.2) is 5.82 Å². The van der Waals surface area contributed by atoms with E-state index in [1.165, 1.54) is 5.56 Å². The van der Waals surface area contributed by atoms with E-state index >= 15 is 0 Å². The average molecular weight is 357 g/mol. The Morgan fingerprint density at radius 1 is 0.926 bits per heavy atom. The first-order chi connectivity index (χ1) is 13.3. The zero-order valence-corrected chi connectivity index (χ0v) is 14.8. The second kappa shape index (κ2) is 6.39. The molecule has 3 heterocycles. The van der Waals surface area contributed by atoms with Crippen molar-refractivity contribution in [1.29, 1.82) is 0 Å². The van der Waals surface area contributed by atoms with Crippen LogP contribution < -0.4 is 4.90 Å². The Morgan fingerprint density at radius 2 is 1.81 bits per heavy atom. The fraction of sp³-hybridized carbons (Fsp3) is 0.190. The van der Waals surface area contributed by atoms with Gasteiger partial charge in [0.05, 0.1) is 6.54 Å². The molecule has 4 aromatic rings. The summed E-state index contributed by atoms with van der Waals surface area (Å²) in [6.45, 7) is 2.39. The molecule has 1 aliphatic heterocycles. The van der Waals surface area contributed by atoms with Crippen LogP contribution in [0.5, 0.6) is 5.75 Å². The van der Waals surface area contributed by atoms with E-state index in [0.717, 1.165) is 42.2 Å². The van der Waals surface area contributed by atoms with Crippen LogP contribution in [0, 0.1) is 0 Å². The topological polar surface area (TPSA) is 67.1 Å². The molecule has 0 saturated carbocycles. The lowest BCUT2D eigenvalue weighted by atomic mass is 10.1. The van der Waals surface area contributed by atoms with Gasteiger partial charge in [-0.15, -0.1) is 10.2 Å². The first-order valence-electron chi connectivity index (χ1n) is 9.06. The van der Waals surface area contributed by atoms with Gasteiger partial charge in [-0.1, -0.05) is 42.5 Å². The molecule has 0 unspecified atom stereocenters. The van der Waals surface area contributed by atoms with Crippen LogP contribution in [-0.4, -0.2) is 31.4 Å². The largest absolute Gasteiger partial charge is 0.506 e. The molecular formula is C21H19N5O. The molecular weight excluding hydrogens is 338 g/mol. The number of phenols is 1. The lowest BCUT2D eigenvalue weighted by molar-refractivity contribution is 0.480. The van der Waals surface area contributed by atoms with E-state index in [4.69, 9.17) is 0 Å². The van der Waals surface area contributed by atoms with Crippen molar-refractivity contribution in [3.63, 3.8) is 0 Å². The highest BCUT2D eigenvalue weighted by Crippen LogP contribution is 2.32. The molecule has 0 spiro atoms. The number of hydrogen-bond acceptors (Lipinski definition) is 5. The van der Waals surface area contributed by atoms with Gasteiger partial charge in [0.2, 0.25) is 0 Å². The van der Waals surface area contributed by atoms with Gasteiger partial charge in [0, 0.05) is 36.8 Å². The predicted molar refractivity (Wildman–Crippen MR) is 104 cm³/mol. The van der Waals surface area contributed by atoms with Crippen LogP contribution in [0.2, 0.25) is 0 Å². The summed E-state index contributed by atoms with van der Waals surface area (Å²) in [4.78, 5) is 6.60. The van der Waals surface area contributed by atoms with Crippen LogP contribution in [0.15, 0.2) is 60.8 Å². The van der Waals surface area contributed by atoms with Crippen LogP contribution >= 0.6 is 0 Å². The number of pyridine rings is 1. The van der Waals surface area contributed by atoms with Crippen molar-refractivity contribution in [2.75, 3.05) is 11.4 Å². The smallest absolute Gasteiger partial charge is 0.152 e. The molecule has 5 rings (SSSR count). The van der Waals surface area contributed by atoms with E-state index in [0.29, 0.717) is 12.1 Å². The van der Waals surface area contributed by atoms with E-state index in [1.54, 1.807) is 12.3 Å². The number of benzene rings is 2. The molecule has 1 aliphatic rings. The van der Waals surface area contributed by atoms with Crippen molar-refractivity contribution in [2.45, 2.75) is 19.5 Å². The Balaban J connectivity index is 1.45. The lowest BCUT2D eigenvalue weighted by Crippen LogP contribution is -2.34. The molecule has 0 aliphatic carbocycles. The number of phenolic OH excluding ortho intramolecular Hbond substituents is 1. The number of aromatic nitrogens is 4. The van der Waals surface area contributed by atoms with Crippen LogP contribution in [0.4, 0.5) is 5.69 Å². The lowest BCUT2D eigenvalue weighted by Gasteiger charge is -2.30. The molecule has 0 saturated heterocycles. The van der Waals surface area contributed by atoms with E-state index in [2.05, 4.69) is 48.9 Å². The summed E-state index contributed by atoms with van der Waals surface area (Å²) in [6, 6.07) is 17.9. The zero-order chi connectivity index (χ0) is 18.2. The second-order valence-corrected chi connectivity index (χ2v) is 6.77. The van der Waals surface area contributed by atoms with Crippen molar-refractivity contribution in [1.82, 2.24) is 19.7 Å². The molecule has 0 fully saturated rings. The Hall–Kier alpha value is -3.41. The van der Waals surface area contributed by atoms with Gasteiger partial charge in [-0.2, -0.15) is 0 Å². The molecule has 2 aromatic carbocycles. The van der Waals surface area contributed by atoms with Gasteiger partial charge < -0.3 is 14.6 Å². The van der Waals surface area contributed by atoms with Crippen molar-refractivity contribution in [3.8, 4) is 5.75 Å². The fourth-order valence-corrected chi connectivity index (χ4v) is 3.75. The summed E-state index contributed by atoms with van der Waals surface area (Å²) < 4.78 is 2.23. The molecule has 1 N–H and O–H groups in total. The molecule has 134 valence electrons. The van der Waals surface area contributed by atoms with Crippen LogP contribution in [0.3, 0.4) is 0 Å². The number of rotatable bonds is 3. The summed E-state index contributed by atoms with van der Waals surface area (Å²) in [7, 11) is 0. The third kappa shape index (κ3) is 2.79. The quantitative estimate of drug-likeness (QED) is 0.610. The molecule has 27 heavy (non-hydrogen) atoms. The van der Waals surface area contributed by atoms with Crippen LogP contribution in [0.1, 0.15) is 17.2 Å². The maximum Gasteiger partial charge on any atom is 0.152 e. The van der Waals surface area contributed by atoms with Gasteiger partial charge in [-0.25, -0.2) is 0 Å². The molecule has 0 amide bonds. The van der Waals surface area contributed by atoms with Crippen LogP contribution in [0.25, 0.3) is 10.9 Å². The summed E-state index contributed by atoms with van der Waals surface area (Å²) >= 11 is 0. The van der Waals surface area contributed by atoms with Gasteiger partial charge in [-0.05, 0) is 17.7 Å². The summed E-state index contributed by atoms with van der Waals surface area (Å²) in [5, 5.41) is 19.9. The molecule has 6 heteroatoms. The van der Waals surface area contributed by atoms with Gasteiger partial charge in [-0.3, -0.25) is 4.98 Å². The minimum atomic E-state index is 0.208. The average Bonchev–Trinajstić information content (AvgIpc) is 3.11. The number of para-hydroxylation sites is 1. The third-order valence-electron chi connectivity index (χ3n) is 5.10. The van der Waals surface area contributed by atoms with Gasteiger partial charge in [0.25, 0.3) is 0 Å². The van der Waals surface area contributed by atoms with Crippen molar-refractivity contribution < 1.29 is 5.11 Å². The van der Waals surface area contributed by atoms with Crippen molar-refractivity contribution in [3.05, 3.63) is 78.0 Å². The number of anilines is 1. The minimum Gasteiger partial charge on any atom is -0.506 e. The highest BCUT2D eigenvalue weighted by Gasteiger charge is 2.23. The number of hydrogen-bond donors (Lipinski definition) is 1. The fourth-order valence-electron chi connectivity index (χ4n) is 3.75. The zero-order valence-electron chi connectivity index (χ0n) is 14.8. The van der Waals surface area contributed by atoms with Gasteiger partial charge >= 0.3 is 0 Å². The summed E-state index contributed by atoms with van der Waals surface area (Å²) in [6.07, 6.45) is 2.54. The van der Waals surface area contributed by atoms with E-state index in [-0.39, 0.29) is 5.75 Å². The van der Waals surface area contributed by atoms with Crippen LogP contribution in [-0.2, 0) is 19.5 Å². The predicted octanol–water partition coefficient (Wildman–Crippen LogP) is 3.14. The Morgan fingerprint density at radius 3 is 2.70 bits per heavy atom. The van der Waals surface area contributed by atoms with E-state index in [9.17, 15) is 5.11 Å². The highest BCUT2D eigenvalue weighted by atomic mass is 16.3. The maximum atomic E-state index is 10.1. The first-order valence-corrected chi connectivity index (χ1v) is 9.06. The molecule has 2 aromatic heterocycles. The Labute approximate surface area is 156 Å². The number of nitrogens with zero attached hydrogens (tertiary/aromatic N) is 5. The summed E-state index contributed by atoms with van der Waals surface area (Å²) in [5.74, 6) is 2.19. The Bertz CT molecular complexity index is 1110. The number of fused-ring (bicyclic) bond motifs is 2. The monoisotopic (exact) mass is 357 g/mol. The van der Waals surface area contributed by atoms with Crippen molar-refractivity contribution in [2.24, 2.45) is 0 Å². The standard InChI is InChI=1S/C21H19N5O/c27-18-8-4-7-16-17(9-10-22-21(16)18)25-11-12-26-19(23-24-20(26)14-25)13-15-5-2-1-3-6-15/h1-10,27H,11-14H2. The normalized spacial score (nSPS) is 13.7. The highest BCUT2D eigenvalue weighted by molar-refractivity contribution is 5.94. The van der Waals surface area contributed by atoms with Gasteiger partial charge in [0.1, 0.15) is 17.1 Å². The van der Waals surface area contributed by atoms with E-state index < -0.39 is 0 Å². The SMILES string of the molecule is Oc1cccc2c(N3CCn4c(Cc5ccccc5)nnc4C3)ccnc12. The third-order valence-corrected chi connectivity index (χ3v) is 5.10.